The Hall–Kier alpha value is -1.36. The van der Waals surface area contributed by atoms with Crippen LogP contribution in [0, 0.1) is 13.8 Å². The van der Waals surface area contributed by atoms with Crippen molar-refractivity contribution in [2.75, 3.05) is 13.1 Å². The first-order chi connectivity index (χ1) is 8.58. The van der Waals surface area contributed by atoms with Gasteiger partial charge in [0.25, 0.3) is 0 Å². The van der Waals surface area contributed by atoms with Gasteiger partial charge in [-0.25, -0.2) is 0 Å². The van der Waals surface area contributed by atoms with Crippen LogP contribution >= 0.6 is 0 Å². The number of aromatic nitrogens is 2. The molecule has 1 aliphatic heterocycles. The molecule has 0 saturated carbocycles. The lowest BCUT2D eigenvalue weighted by molar-refractivity contribution is -0.125. The fraction of sp³-hybridized carbons (Fsp3) is 0.692. The predicted molar refractivity (Wildman–Crippen MR) is 70.4 cm³/mol. The number of nitrogens with zero attached hydrogens (tertiary/aromatic N) is 2. The highest BCUT2D eigenvalue weighted by Gasteiger charge is 2.21. The number of piperidine rings is 1. The van der Waals surface area contributed by atoms with Gasteiger partial charge in [0.15, 0.2) is 0 Å². The highest BCUT2D eigenvalue weighted by Crippen LogP contribution is 2.12. The lowest BCUT2D eigenvalue weighted by atomic mass is 10.1. The molecular formula is C13H22N4O. The summed E-state index contributed by atoms with van der Waals surface area (Å²) in [4.78, 5) is 12.2. The van der Waals surface area contributed by atoms with Gasteiger partial charge in [-0.05, 0) is 46.2 Å². The first kappa shape index (κ1) is 13.1. The first-order valence-corrected chi connectivity index (χ1v) is 6.62. The molecule has 0 aromatic carbocycles. The van der Waals surface area contributed by atoms with Gasteiger partial charge in [0.1, 0.15) is 6.04 Å². The lowest BCUT2D eigenvalue weighted by Gasteiger charge is -2.25. The van der Waals surface area contributed by atoms with E-state index in [0.29, 0.717) is 0 Å². The molecule has 2 N–H and O–H groups in total. The number of carbonyl (C=O) groups is 1. The van der Waals surface area contributed by atoms with Crippen LogP contribution in [0.25, 0.3) is 0 Å². The van der Waals surface area contributed by atoms with Gasteiger partial charge in [-0.3, -0.25) is 9.48 Å². The quantitative estimate of drug-likeness (QED) is 0.839. The van der Waals surface area contributed by atoms with E-state index >= 15 is 0 Å². The zero-order valence-electron chi connectivity index (χ0n) is 11.4. The smallest absolute Gasteiger partial charge is 0.244 e. The maximum absolute atomic E-state index is 12.2. The van der Waals surface area contributed by atoms with E-state index in [1.54, 1.807) is 4.68 Å². The molecule has 1 saturated heterocycles. The third kappa shape index (κ3) is 2.90. The molecule has 1 aromatic heterocycles. The molecule has 1 fully saturated rings. The van der Waals surface area contributed by atoms with Crippen LogP contribution in [-0.4, -0.2) is 34.8 Å². The highest BCUT2D eigenvalue weighted by atomic mass is 16.2. The summed E-state index contributed by atoms with van der Waals surface area (Å²) in [6.07, 6.45) is 2.18. The lowest BCUT2D eigenvalue weighted by Crippen LogP contribution is -2.47. The van der Waals surface area contributed by atoms with Gasteiger partial charge in [-0.1, -0.05) is 0 Å². The Morgan fingerprint density at radius 2 is 2.39 bits per heavy atom. The van der Waals surface area contributed by atoms with Gasteiger partial charge in [0.2, 0.25) is 5.91 Å². The molecule has 2 atom stereocenters. The first-order valence-electron chi connectivity index (χ1n) is 6.62. The van der Waals surface area contributed by atoms with Gasteiger partial charge in [0.05, 0.1) is 5.69 Å². The maximum atomic E-state index is 12.2. The number of aryl methyl sites for hydroxylation is 2. The van der Waals surface area contributed by atoms with Crippen LogP contribution in [0.15, 0.2) is 6.07 Å². The number of hydrogen-bond acceptors (Lipinski definition) is 3. The standard InChI is InChI=1S/C13H22N4O/c1-9-7-10(2)17(16-9)11(3)13(18)15-12-5-4-6-14-8-12/h7,11-12,14H,4-6,8H2,1-3H3,(H,15,18)/t11?,12-/m0/s1. The summed E-state index contributed by atoms with van der Waals surface area (Å²) in [6, 6.07) is 2.00. The van der Waals surface area contributed by atoms with Crippen molar-refractivity contribution in [2.24, 2.45) is 0 Å². The van der Waals surface area contributed by atoms with Crippen molar-refractivity contribution in [3.8, 4) is 0 Å². The Kier molecular flexibility index (Phi) is 4.01. The van der Waals surface area contributed by atoms with E-state index in [1.165, 1.54) is 0 Å². The van der Waals surface area contributed by atoms with E-state index in [9.17, 15) is 4.79 Å². The fourth-order valence-electron chi connectivity index (χ4n) is 2.45. The molecule has 1 amide bonds. The van der Waals surface area contributed by atoms with Gasteiger partial charge < -0.3 is 10.6 Å². The van der Waals surface area contributed by atoms with Crippen LogP contribution in [0.2, 0.25) is 0 Å². The molecule has 0 spiro atoms. The molecular weight excluding hydrogens is 228 g/mol. The van der Waals surface area contributed by atoms with E-state index in [1.807, 2.05) is 26.8 Å². The van der Waals surface area contributed by atoms with Crippen LogP contribution < -0.4 is 10.6 Å². The summed E-state index contributed by atoms with van der Waals surface area (Å²) in [5, 5.41) is 10.8. The zero-order valence-corrected chi connectivity index (χ0v) is 11.4. The van der Waals surface area contributed by atoms with Crippen molar-refractivity contribution in [3.05, 3.63) is 17.5 Å². The average Bonchev–Trinajstić information content (AvgIpc) is 2.68. The monoisotopic (exact) mass is 250 g/mol. The van der Waals surface area contributed by atoms with Crippen LogP contribution in [0.5, 0.6) is 0 Å². The van der Waals surface area contributed by atoms with E-state index in [-0.39, 0.29) is 18.0 Å². The zero-order chi connectivity index (χ0) is 13.1. The third-order valence-corrected chi connectivity index (χ3v) is 3.43. The molecule has 0 radical (unpaired) electrons. The second-order valence-corrected chi connectivity index (χ2v) is 5.10. The Morgan fingerprint density at radius 1 is 1.61 bits per heavy atom. The molecule has 2 rings (SSSR count). The molecule has 100 valence electrons. The van der Waals surface area contributed by atoms with Crippen molar-refractivity contribution < 1.29 is 4.79 Å². The van der Waals surface area contributed by atoms with Crippen LogP contribution in [-0.2, 0) is 4.79 Å². The summed E-state index contributed by atoms with van der Waals surface area (Å²) < 4.78 is 1.79. The summed E-state index contributed by atoms with van der Waals surface area (Å²) in [5.74, 6) is 0.0508. The molecule has 1 unspecified atom stereocenters. The summed E-state index contributed by atoms with van der Waals surface area (Å²) >= 11 is 0. The van der Waals surface area contributed by atoms with E-state index in [0.717, 1.165) is 37.3 Å². The van der Waals surface area contributed by atoms with E-state index in [2.05, 4.69) is 15.7 Å². The topological polar surface area (TPSA) is 59.0 Å². The molecule has 18 heavy (non-hydrogen) atoms. The van der Waals surface area contributed by atoms with Gasteiger partial charge in [-0.2, -0.15) is 5.10 Å². The van der Waals surface area contributed by atoms with Gasteiger partial charge >= 0.3 is 0 Å². The number of carbonyl (C=O) groups excluding carboxylic acids is 1. The minimum atomic E-state index is -0.249. The van der Waals surface area contributed by atoms with Crippen molar-refractivity contribution in [1.29, 1.82) is 0 Å². The van der Waals surface area contributed by atoms with Crippen molar-refractivity contribution in [1.82, 2.24) is 20.4 Å². The molecule has 5 heteroatoms. The number of rotatable bonds is 3. The summed E-state index contributed by atoms with van der Waals surface area (Å²) in [7, 11) is 0. The van der Waals surface area contributed by atoms with Gasteiger partial charge in [0, 0.05) is 18.3 Å². The minimum Gasteiger partial charge on any atom is -0.350 e. The van der Waals surface area contributed by atoms with Crippen molar-refractivity contribution >= 4 is 5.91 Å². The largest absolute Gasteiger partial charge is 0.350 e. The fourth-order valence-corrected chi connectivity index (χ4v) is 2.45. The number of nitrogens with one attached hydrogen (secondary N) is 2. The third-order valence-electron chi connectivity index (χ3n) is 3.43. The normalized spacial score (nSPS) is 21.6. The Morgan fingerprint density at radius 3 is 2.94 bits per heavy atom. The molecule has 5 nitrogen and oxygen atoms in total. The minimum absolute atomic E-state index is 0.0508. The molecule has 2 heterocycles. The Labute approximate surface area is 108 Å². The van der Waals surface area contributed by atoms with Crippen molar-refractivity contribution in [3.63, 3.8) is 0 Å². The van der Waals surface area contributed by atoms with E-state index in [4.69, 9.17) is 0 Å². The van der Waals surface area contributed by atoms with Gasteiger partial charge in [-0.15, -0.1) is 0 Å². The maximum Gasteiger partial charge on any atom is 0.244 e. The molecule has 1 aromatic rings. The summed E-state index contributed by atoms with van der Waals surface area (Å²) in [5.41, 5.74) is 1.98. The number of hydrogen-bond donors (Lipinski definition) is 2. The summed E-state index contributed by atoms with van der Waals surface area (Å²) in [6.45, 7) is 7.74. The predicted octanol–water partition coefficient (Wildman–Crippen LogP) is 0.929. The number of amides is 1. The van der Waals surface area contributed by atoms with E-state index < -0.39 is 0 Å². The highest BCUT2D eigenvalue weighted by molar-refractivity contribution is 5.80. The second-order valence-electron chi connectivity index (χ2n) is 5.10. The van der Waals surface area contributed by atoms with Crippen molar-refractivity contribution in [2.45, 2.75) is 45.7 Å². The average molecular weight is 250 g/mol. The second kappa shape index (κ2) is 5.52. The van der Waals surface area contributed by atoms with Crippen LogP contribution in [0.1, 0.15) is 37.2 Å². The SMILES string of the molecule is Cc1cc(C)n(C(C)C(=O)N[C@H]2CCCNC2)n1. The van der Waals surface area contributed by atoms with Crippen LogP contribution in [0.4, 0.5) is 0 Å². The Balaban J connectivity index is 1.97. The molecule has 0 aliphatic carbocycles. The molecule has 1 aliphatic rings. The Bertz CT molecular complexity index is 421. The van der Waals surface area contributed by atoms with Crippen LogP contribution in [0.3, 0.4) is 0 Å². The molecule has 0 bridgehead atoms.